The topological polar surface area (TPSA) is 38.8 Å². The van der Waals surface area contributed by atoms with Crippen LogP contribution in [0.2, 0.25) is 0 Å². The monoisotopic (exact) mass is 339 g/mol. The molecule has 4 heteroatoms. The number of hydrogen-bond acceptors (Lipinski definition) is 3. The van der Waals surface area contributed by atoms with Gasteiger partial charge in [0.15, 0.2) is 11.5 Å². The molecule has 0 fully saturated rings. The lowest BCUT2D eigenvalue weighted by atomic mass is 10.0. The van der Waals surface area contributed by atoms with Gasteiger partial charge in [0.25, 0.3) is 0 Å². The standard InChI is InChI=1S/C21H25NO3/c1-3-4-5-16-6-8-17(9-7-16)13-21(23)22(2)14-18-10-11-19-20(12-18)25-15-24-19/h6-12H,3-5,13-15H2,1-2H3. The number of carbonyl (C=O) groups is 1. The van der Waals surface area contributed by atoms with Gasteiger partial charge in [0.05, 0.1) is 6.42 Å². The van der Waals surface area contributed by atoms with E-state index in [2.05, 4.69) is 31.2 Å². The summed E-state index contributed by atoms with van der Waals surface area (Å²) in [7, 11) is 1.84. The van der Waals surface area contributed by atoms with Crippen molar-refractivity contribution >= 4 is 5.91 Å². The van der Waals surface area contributed by atoms with Gasteiger partial charge in [-0.05, 0) is 41.7 Å². The Hall–Kier alpha value is -2.49. The van der Waals surface area contributed by atoms with Crippen molar-refractivity contribution < 1.29 is 14.3 Å². The van der Waals surface area contributed by atoms with Crippen LogP contribution in [0, 0.1) is 0 Å². The van der Waals surface area contributed by atoms with E-state index >= 15 is 0 Å². The second kappa shape index (κ2) is 8.06. The van der Waals surface area contributed by atoms with Gasteiger partial charge in [-0.3, -0.25) is 4.79 Å². The van der Waals surface area contributed by atoms with Crippen LogP contribution in [-0.4, -0.2) is 24.6 Å². The van der Waals surface area contributed by atoms with Crippen molar-refractivity contribution in [2.45, 2.75) is 39.2 Å². The second-order valence-electron chi connectivity index (χ2n) is 6.53. The van der Waals surface area contributed by atoms with Crippen LogP contribution < -0.4 is 9.47 Å². The van der Waals surface area contributed by atoms with Gasteiger partial charge < -0.3 is 14.4 Å². The predicted octanol–water partition coefficient (Wildman–Crippen LogP) is 3.96. The van der Waals surface area contributed by atoms with Gasteiger partial charge in [0.1, 0.15) is 0 Å². The first-order chi connectivity index (χ1) is 12.2. The molecule has 1 amide bonds. The zero-order valence-corrected chi connectivity index (χ0v) is 15.0. The Bertz CT molecular complexity index is 724. The van der Waals surface area contributed by atoms with Gasteiger partial charge in [-0.15, -0.1) is 0 Å². The van der Waals surface area contributed by atoms with Crippen molar-refractivity contribution in [3.05, 3.63) is 59.2 Å². The maximum absolute atomic E-state index is 12.5. The number of amides is 1. The second-order valence-corrected chi connectivity index (χ2v) is 6.53. The molecule has 0 N–H and O–H groups in total. The number of ether oxygens (including phenoxy) is 2. The molecule has 1 aliphatic heterocycles. The van der Waals surface area contributed by atoms with E-state index in [0.29, 0.717) is 13.0 Å². The van der Waals surface area contributed by atoms with E-state index in [1.165, 1.54) is 18.4 Å². The lowest BCUT2D eigenvalue weighted by Crippen LogP contribution is -2.27. The lowest BCUT2D eigenvalue weighted by molar-refractivity contribution is -0.129. The Labute approximate surface area is 149 Å². The molecule has 0 aliphatic carbocycles. The summed E-state index contributed by atoms with van der Waals surface area (Å²) in [5.74, 6) is 1.63. The summed E-state index contributed by atoms with van der Waals surface area (Å²) in [6, 6.07) is 14.2. The van der Waals surface area contributed by atoms with Gasteiger partial charge >= 0.3 is 0 Å². The van der Waals surface area contributed by atoms with Crippen molar-refractivity contribution in [1.82, 2.24) is 4.90 Å². The van der Waals surface area contributed by atoms with Crippen molar-refractivity contribution in [2.24, 2.45) is 0 Å². The molecule has 1 heterocycles. The van der Waals surface area contributed by atoms with E-state index in [0.717, 1.165) is 29.0 Å². The summed E-state index contributed by atoms with van der Waals surface area (Å²) in [6.45, 7) is 3.02. The zero-order valence-electron chi connectivity index (χ0n) is 15.0. The Morgan fingerprint density at radius 1 is 1.00 bits per heavy atom. The minimum Gasteiger partial charge on any atom is -0.454 e. The zero-order chi connectivity index (χ0) is 17.6. The highest BCUT2D eigenvalue weighted by atomic mass is 16.7. The number of likely N-dealkylation sites (N-methyl/N-ethyl adjacent to an activating group) is 1. The molecule has 0 spiro atoms. The third-order valence-corrected chi connectivity index (χ3v) is 4.48. The van der Waals surface area contributed by atoms with E-state index in [9.17, 15) is 4.79 Å². The smallest absolute Gasteiger partial charge is 0.231 e. The molecule has 0 radical (unpaired) electrons. The van der Waals surface area contributed by atoms with Gasteiger partial charge in [-0.1, -0.05) is 43.7 Å². The molecule has 0 aromatic heterocycles. The van der Waals surface area contributed by atoms with Crippen LogP contribution in [0.25, 0.3) is 0 Å². The van der Waals surface area contributed by atoms with E-state index in [1.807, 2.05) is 25.2 Å². The molecule has 0 saturated carbocycles. The molecule has 2 aromatic carbocycles. The van der Waals surface area contributed by atoms with Crippen LogP contribution in [0.1, 0.15) is 36.5 Å². The first kappa shape index (κ1) is 17.3. The van der Waals surface area contributed by atoms with E-state index in [-0.39, 0.29) is 12.7 Å². The van der Waals surface area contributed by atoms with Crippen molar-refractivity contribution in [3.8, 4) is 11.5 Å². The third kappa shape index (κ3) is 4.53. The van der Waals surface area contributed by atoms with Crippen LogP contribution in [-0.2, 0) is 24.2 Å². The Kier molecular flexibility index (Phi) is 5.59. The summed E-state index contributed by atoms with van der Waals surface area (Å²) in [5.41, 5.74) is 3.43. The highest BCUT2D eigenvalue weighted by Crippen LogP contribution is 2.32. The number of unbranched alkanes of at least 4 members (excludes halogenated alkanes) is 1. The molecule has 3 rings (SSSR count). The fraction of sp³-hybridized carbons (Fsp3) is 0.381. The Morgan fingerprint density at radius 2 is 1.68 bits per heavy atom. The molecular weight excluding hydrogens is 314 g/mol. The van der Waals surface area contributed by atoms with Gasteiger partial charge in [0.2, 0.25) is 12.7 Å². The fourth-order valence-electron chi connectivity index (χ4n) is 2.92. The first-order valence-electron chi connectivity index (χ1n) is 8.86. The van der Waals surface area contributed by atoms with Crippen LogP contribution in [0.3, 0.4) is 0 Å². The summed E-state index contributed by atoms with van der Waals surface area (Å²) in [6.07, 6.45) is 3.94. The molecule has 25 heavy (non-hydrogen) atoms. The van der Waals surface area contributed by atoms with Crippen LogP contribution in [0.15, 0.2) is 42.5 Å². The number of aryl methyl sites for hydroxylation is 1. The number of fused-ring (bicyclic) bond motifs is 1. The average molecular weight is 339 g/mol. The maximum Gasteiger partial charge on any atom is 0.231 e. The summed E-state index contributed by atoms with van der Waals surface area (Å²) in [5, 5.41) is 0. The lowest BCUT2D eigenvalue weighted by Gasteiger charge is -2.17. The number of rotatable bonds is 7. The number of hydrogen-bond donors (Lipinski definition) is 0. The fourth-order valence-corrected chi connectivity index (χ4v) is 2.92. The minimum absolute atomic E-state index is 0.110. The SMILES string of the molecule is CCCCc1ccc(CC(=O)N(C)Cc2ccc3c(c2)OCO3)cc1. The molecule has 0 atom stereocenters. The summed E-state index contributed by atoms with van der Waals surface area (Å²) in [4.78, 5) is 14.2. The highest BCUT2D eigenvalue weighted by molar-refractivity contribution is 5.78. The molecule has 0 unspecified atom stereocenters. The van der Waals surface area contributed by atoms with Crippen molar-refractivity contribution in [3.63, 3.8) is 0 Å². The van der Waals surface area contributed by atoms with Gasteiger partial charge in [0, 0.05) is 13.6 Å². The summed E-state index contributed by atoms with van der Waals surface area (Å²) >= 11 is 0. The van der Waals surface area contributed by atoms with E-state index in [4.69, 9.17) is 9.47 Å². The predicted molar refractivity (Wildman–Crippen MR) is 97.8 cm³/mol. The molecule has 2 aromatic rings. The molecule has 1 aliphatic rings. The van der Waals surface area contributed by atoms with Gasteiger partial charge in [-0.2, -0.15) is 0 Å². The maximum atomic E-state index is 12.5. The van der Waals surface area contributed by atoms with Crippen LogP contribution in [0.5, 0.6) is 11.5 Å². The van der Waals surface area contributed by atoms with Crippen molar-refractivity contribution in [2.75, 3.05) is 13.8 Å². The summed E-state index contributed by atoms with van der Waals surface area (Å²) < 4.78 is 10.7. The highest BCUT2D eigenvalue weighted by Gasteiger charge is 2.15. The van der Waals surface area contributed by atoms with Gasteiger partial charge in [-0.25, -0.2) is 0 Å². The number of nitrogens with zero attached hydrogens (tertiary/aromatic N) is 1. The van der Waals surface area contributed by atoms with E-state index < -0.39 is 0 Å². The third-order valence-electron chi connectivity index (χ3n) is 4.48. The largest absolute Gasteiger partial charge is 0.454 e. The normalized spacial score (nSPS) is 12.2. The van der Waals surface area contributed by atoms with Crippen LogP contribution in [0.4, 0.5) is 0 Å². The number of carbonyl (C=O) groups excluding carboxylic acids is 1. The minimum atomic E-state index is 0.110. The van der Waals surface area contributed by atoms with E-state index in [1.54, 1.807) is 4.90 Å². The molecule has 0 bridgehead atoms. The number of benzene rings is 2. The average Bonchev–Trinajstić information content (AvgIpc) is 3.09. The molecule has 132 valence electrons. The Morgan fingerprint density at radius 3 is 2.44 bits per heavy atom. The quantitative estimate of drug-likeness (QED) is 0.766. The first-order valence-corrected chi connectivity index (χ1v) is 8.86. The van der Waals surface area contributed by atoms with Crippen molar-refractivity contribution in [1.29, 1.82) is 0 Å². The molecular formula is C21H25NO3. The Balaban J connectivity index is 1.55. The molecule has 4 nitrogen and oxygen atoms in total. The molecule has 0 saturated heterocycles. The van der Waals surface area contributed by atoms with Crippen LogP contribution >= 0.6 is 0 Å².